The van der Waals surface area contributed by atoms with Gasteiger partial charge in [-0.15, -0.1) is 0 Å². The van der Waals surface area contributed by atoms with Gasteiger partial charge in [0, 0.05) is 17.4 Å². The van der Waals surface area contributed by atoms with Gasteiger partial charge in [0.15, 0.2) is 5.78 Å². The second-order valence-corrected chi connectivity index (χ2v) is 5.85. The fourth-order valence-corrected chi connectivity index (χ4v) is 3.50. The molecule has 1 N–H and O–H groups in total. The molecule has 96 valence electrons. The molecule has 3 heteroatoms. The number of allylic oxidation sites excluding steroid dienone is 1. The molecule has 1 unspecified atom stereocenters. The molecular formula is C15H18O3. The van der Waals surface area contributed by atoms with Gasteiger partial charge in [0.2, 0.25) is 0 Å². The summed E-state index contributed by atoms with van der Waals surface area (Å²) in [6, 6.07) is 0. The number of rotatable bonds is 0. The Morgan fingerprint density at radius 2 is 2.17 bits per heavy atom. The van der Waals surface area contributed by atoms with Gasteiger partial charge in [-0.25, -0.2) is 0 Å². The lowest BCUT2D eigenvalue weighted by molar-refractivity contribution is 0.0367. The van der Waals surface area contributed by atoms with Gasteiger partial charge in [-0.2, -0.15) is 0 Å². The van der Waals surface area contributed by atoms with Crippen LogP contribution in [-0.2, 0) is 6.42 Å². The van der Waals surface area contributed by atoms with Gasteiger partial charge in [0.1, 0.15) is 5.76 Å². The number of ketones is 1. The van der Waals surface area contributed by atoms with Crippen LogP contribution in [0.2, 0.25) is 0 Å². The van der Waals surface area contributed by atoms with E-state index in [1.807, 2.05) is 20.8 Å². The molecule has 18 heavy (non-hydrogen) atoms. The number of hydrogen-bond acceptors (Lipinski definition) is 3. The van der Waals surface area contributed by atoms with Crippen molar-refractivity contribution in [1.82, 2.24) is 0 Å². The SMILES string of the molecule is CC1=C2C(=O)c3c(C)coc3CC2(C)[C@@H](O)CC1. The third-order valence-corrected chi connectivity index (χ3v) is 4.56. The summed E-state index contributed by atoms with van der Waals surface area (Å²) in [5.74, 6) is 0.791. The maximum atomic E-state index is 12.7. The summed E-state index contributed by atoms with van der Waals surface area (Å²) in [5, 5.41) is 10.3. The summed E-state index contributed by atoms with van der Waals surface area (Å²) in [6.07, 6.45) is 3.35. The number of Topliss-reactive ketones (excluding diaryl/α,β-unsaturated/α-hetero) is 1. The molecule has 0 saturated carbocycles. The molecule has 0 radical (unpaired) electrons. The van der Waals surface area contributed by atoms with Crippen LogP contribution in [0.25, 0.3) is 0 Å². The molecule has 0 amide bonds. The standard InChI is InChI=1S/C15H18O3/c1-8-4-5-11(16)15(3)6-10-12(9(2)7-18-10)14(17)13(8)15/h7,11,16H,4-6H2,1-3H3/t11-,15?/m0/s1. The fourth-order valence-electron chi connectivity index (χ4n) is 3.50. The average Bonchev–Trinajstić information content (AvgIpc) is 2.66. The monoisotopic (exact) mass is 246 g/mol. The van der Waals surface area contributed by atoms with Crippen LogP contribution in [0.1, 0.15) is 48.4 Å². The van der Waals surface area contributed by atoms with Crippen LogP contribution < -0.4 is 0 Å². The molecule has 2 atom stereocenters. The van der Waals surface area contributed by atoms with Crippen LogP contribution in [0.15, 0.2) is 21.8 Å². The minimum atomic E-state index is -0.475. The maximum absolute atomic E-state index is 12.7. The van der Waals surface area contributed by atoms with Crippen LogP contribution in [0.5, 0.6) is 0 Å². The molecule has 0 fully saturated rings. The highest BCUT2D eigenvalue weighted by molar-refractivity contribution is 6.13. The Bertz CT molecular complexity index is 564. The van der Waals surface area contributed by atoms with Gasteiger partial charge in [-0.1, -0.05) is 12.5 Å². The normalized spacial score (nSPS) is 31.3. The number of furan rings is 1. The van der Waals surface area contributed by atoms with Gasteiger partial charge in [-0.3, -0.25) is 4.79 Å². The number of aliphatic hydroxyl groups excluding tert-OH is 1. The highest BCUT2D eigenvalue weighted by Crippen LogP contribution is 2.49. The lowest BCUT2D eigenvalue weighted by atomic mass is 9.62. The second-order valence-electron chi connectivity index (χ2n) is 5.85. The quantitative estimate of drug-likeness (QED) is 0.765. The molecule has 0 spiro atoms. The fraction of sp³-hybridized carbons (Fsp3) is 0.533. The van der Waals surface area contributed by atoms with E-state index in [2.05, 4.69) is 0 Å². The van der Waals surface area contributed by atoms with Crippen molar-refractivity contribution in [2.75, 3.05) is 0 Å². The molecule has 3 rings (SSSR count). The van der Waals surface area contributed by atoms with E-state index < -0.39 is 11.5 Å². The van der Waals surface area contributed by atoms with Crippen molar-refractivity contribution in [3.63, 3.8) is 0 Å². The number of hydrogen-bond donors (Lipinski definition) is 1. The van der Waals surface area contributed by atoms with Crippen LogP contribution in [0.3, 0.4) is 0 Å². The first-order chi connectivity index (χ1) is 8.45. The average molecular weight is 246 g/mol. The van der Waals surface area contributed by atoms with E-state index in [-0.39, 0.29) is 5.78 Å². The van der Waals surface area contributed by atoms with Gasteiger partial charge in [0.05, 0.1) is 17.9 Å². The van der Waals surface area contributed by atoms with Crippen molar-refractivity contribution < 1.29 is 14.3 Å². The molecule has 3 nitrogen and oxygen atoms in total. The molecule has 1 heterocycles. The van der Waals surface area contributed by atoms with E-state index in [0.29, 0.717) is 6.42 Å². The molecule has 0 aromatic carbocycles. The largest absolute Gasteiger partial charge is 0.468 e. The van der Waals surface area contributed by atoms with Crippen molar-refractivity contribution in [1.29, 1.82) is 0 Å². The van der Waals surface area contributed by atoms with Crippen LogP contribution in [0, 0.1) is 12.3 Å². The van der Waals surface area contributed by atoms with Gasteiger partial charge in [-0.05, 0) is 32.3 Å². The summed E-state index contributed by atoms with van der Waals surface area (Å²) in [5.41, 5.74) is 3.09. The summed E-state index contributed by atoms with van der Waals surface area (Å²) in [7, 11) is 0. The third kappa shape index (κ3) is 1.31. The van der Waals surface area contributed by atoms with E-state index in [1.54, 1.807) is 6.26 Å². The van der Waals surface area contributed by atoms with Crippen molar-refractivity contribution >= 4 is 5.78 Å². The number of aliphatic hydroxyl groups is 1. The summed E-state index contributed by atoms with van der Waals surface area (Å²) >= 11 is 0. The molecule has 1 aromatic heterocycles. The van der Waals surface area contributed by atoms with E-state index in [1.165, 1.54) is 0 Å². The first-order valence-electron chi connectivity index (χ1n) is 6.45. The summed E-state index contributed by atoms with van der Waals surface area (Å²) in [6.45, 7) is 5.89. The Kier molecular flexibility index (Phi) is 2.33. The Hall–Kier alpha value is -1.35. The zero-order chi connectivity index (χ0) is 13.1. The first kappa shape index (κ1) is 11.7. The minimum absolute atomic E-state index is 0.0567. The van der Waals surface area contributed by atoms with Gasteiger partial charge >= 0.3 is 0 Å². The predicted molar refractivity (Wildman–Crippen MR) is 67.5 cm³/mol. The lowest BCUT2D eigenvalue weighted by Gasteiger charge is -2.43. The molecule has 1 aromatic rings. The number of carbonyl (C=O) groups is 1. The van der Waals surface area contributed by atoms with E-state index in [4.69, 9.17) is 4.42 Å². The lowest BCUT2D eigenvalue weighted by Crippen LogP contribution is -2.45. The van der Waals surface area contributed by atoms with Gasteiger partial charge in [0.25, 0.3) is 0 Å². The zero-order valence-electron chi connectivity index (χ0n) is 11.0. The van der Waals surface area contributed by atoms with E-state index in [9.17, 15) is 9.90 Å². The smallest absolute Gasteiger partial charge is 0.193 e. The van der Waals surface area contributed by atoms with Crippen molar-refractivity contribution in [2.45, 2.75) is 46.1 Å². The topological polar surface area (TPSA) is 50.4 Å². The Labute approximate surface area is 106 Å². The molecule has 2 aliphatic carbocycles. The predicted octanol–water partition coefficient (Wildman–Crippen LogP) is 2.80. The number of aryl methyl sites for hydroxylation is 1. The van der Waals surface area contributed by atoms with Crippen LogP contribution in [0.4, 0.5) is 0 Å². The molecule has 0 bridgehead atoms. The summed E-state index contributed by atoms with van der Waals surface area (Å²) < 4.78 is 5.50. The highest BCUT2D eigenvalue weighted by Gasteiger charge is 2.49. The van der Waals surface area contributed by atoms with Gasteiger partial charge < -0.3 is 9.52 Å². The zero-order valence-corrected chi connectivity index (χ0v) is 11.0. The molecule has 0 saturated heterocycles. The summed E-state index contributed by atoms with van der Waals surface area (Å²) in [4.78, 5) is 12.7. The van der Waals surface area contributed by atoms with Crippen molar-refractivity contribution in [3.05, 3.63) is 34.3 Å². The Morgan fingerprint density at radius 1 is 1.44 bits per heavy atom. The van der Waals surface area contributed by atoms with Crippen molar-refractivity contribution in [3.8, 4) is 0 Å². The third-order valence-electron chi connectivity index (χ3n) is 4.56. The van der Waals surface area contributed by atoms with Crippen LogP contribution >= 0.6 is 0 Å². The maximum Gasteiger partial charge on any atom is 0.193 e. The van der Waals surface area contributed by atoms with Crippen LogP contribution in [-0.4, -0.2) is 17.0 Å². The van der Waals surface area contributed by atoms with Crippen molar-refractivity contribution in [2.24, 2.45) is 5.41 Å². The second kappa shape index (κ2) is 3.58. The molecular weight excluding hydrogens is 228 g/mol. The Morgan fingerprint density at radius 3 is 2.89 bits per heavy atom. The van der Waals surface area contributed by atoms with E-state index in [0.717, 1.165) is 40.9 Å². The molecule has 2 aliphatic rings. The Balaban J connectivity index is 2.25. The number of fused-ring (bicyclic) bond motifs is 2. The minimum Gasteiger partial charge on any atom is -0.468 e. The number of carbonyl (C=O) groups excluding carboxylic acids is 1. The first-order valence-corrected chi connectivity index (χ1v) is 6.45. The van der Waals surface area contributed by atoms with E-state index >= 15 is 0 Å². The highest BCUT2D eigenvalue weighted by atomic mass is 16.3. The molecule has 0 aliphatic heterocycles.